The molecule has 2 saturated heterocycles. The molecule has 0 aliphatic carbocycles. The lowest BCUT2D eigenvalue weighted by Gasteiger charge is -2.18. The number of thiocarbonyl (C=S) groups is 1. The summed E-state index contributed by atoms with van der Waals surface area (Å²) >= 11 is 6.75. The van der Waals surface area contributed by atoms with Crippen LogP contribution in [0, 0.1) is 10.1 Å². The smallest absolute Gasteiger partial charge is 0.311 e. The van der Waals surface area contributed by atoms with Gasteiger partial charge in [0.2, 0.25) is 0 Å². The van der Waals surface area contributed by atoms with Crippen molar-refractivity contribution in [1.82, 2.24) is 14.7 Å². The summed E-state index contributed by atoms with van der Waals surface area (Å²) in [6.07, 6.45) is 3.66. The molecule has 190 valence electrons. The van der Waals surface area contributed by atoms with Crippen LogP contribution in [0.3, 0.4) is 0 Å². The molecule has 37 heavy (non-hydrogen) atoms. The summed E-state index contributed by atoms with van der Waals surface area (Å²) in [5.74, 6) is 0.0402. The number of nitrogens with zero attached hydrogens (tertiary/aromatic N) is 4. The molecule has 0 radical (unpaired) electrons. The van der Waals surface area contributed by atoms with Crippen LogP contribution in [0.15, 0.2) is 59.5 Å². The zero-order valence-electron chi connectivity index (χ0n) is 20.0. The molecular formula is C26H24N4O5S2. The predicted octanol–water partition coefficient (Wildman–Crippen LogP) is 5.23. The van der Waals surface area contributed by atoms with Gasteiger partial charge >= 0.3 is 5.69 Å². The maximum absolute atomic E-state index is 13.2. The van der Waals surface area contributed by atoms with E-state index in [0.717, 1.165) is 18.5 Å². The Kier molecular flexibility index (Phi) is 7.36. The molecule has 2 aliphatic heterocycles. The van der Waals surface area contributed by atoms with E-state index in [1.54, 1.807) is 40.8 Å². The number of para-hydroxylation sites is 1. The topological polar surface area (TPSA) is 99.7 Å². The van der Waals surface area contributed by atoms with Crippen LogP contribution in [0.25, 0.3) is 23.0 Å². The lowest BCUT2D eigenvalue weighted by atomic mass is 10.1. The van der Waals surface area contributed by atoms with E-state index in [9.17, 15) is 14.9 Å². The normalized spacial score (nSPS) is 18.7. The fourth-order valence-corrected chi connectivity index (χ4v) is 5.56. The van der Waals surface area contributed by atoms with Crippen molar-refractivity contribution in [1.29, 1.82) is 0 Å². The highest BCUT2D eigenvalue weighted by molar-refractivity contribution is 8.26. The Labute approximate surface area is 223 Å². The van der Waals surface area contributed by atoms with E-state index in [1.807, 2.05) is 30.3 Å². The number of rotatable bonds is 8. The Bertz CT molecular complexity index is 1380. The number of carbonyl (C=O) groups is 1. The highest BCUT2D eigenvalue weighted by Crippen LogP contribution is 2.36. The average Bonchev–Trinajstić information content (AvgIpc) is 3.62. The average molecular weight is 537 g/mol. The van der Waals surface area contributed by atoms with E-state index >= 15 is 0 Å². The highest BCUT2D eigenvalue weighted by Gasteiger charge is 2.35. The first-order valence-corrected chi connectivity index (χ1v) is 13.1. The molecule has 2 aromatic carbocycles. The molecule has 0 saturated carbocycles. The number of nitro groups is 1. The number of carbonyl (C=O) groups excluding carboxylic acids is 1. The van der Waals surface area contributed by atoms with Crippen molar-refractivity contribution in [2.24, 2.45) is 0 Å². The maximum atomic E-state index is 13.2. The van der Waals surface area contributed by atoms with Gasteiger partial charge in [0.1, 0.15) is 4.32 Å². The second-order valence-electron chi connectivity index (χ2n) is 8.50. The van der Waals surface area contributed by atoms with Crippen molar-refractivity contribution in [2.45, 2.75) is 25.9 Å². The molecule has 1 amide bonds. The molecule has 2 aliphatic rings. The zero-order chi connectivity index (χ0) is 25.9. The highest BCUT2D eigenvalue weighted by atomic mass is 32.2. The lowest BCUT2D eigenvalue weighted by Crippen LogP contribution is -2.35. The number of amides is 1. The summed E-state index contributed by atoms with van der Waals surface area (Å²) in [5.41, 5.74) is 2.39. The summed E-state index contributed by atoms with van der Waals surface area (Å²) in [6.45, 7) is 3.24. The largest absolute Gasteiger partial charge is 0.487 e. The van der Waals surface area contributed by atoms with Crippen molar-refractivity contribution in [2.75, 3.05) is 19.8 Å². The molecule has 1 atom stereocenters. The van der Waals surface area contributed by atoms with Crippen LogP contribution in [0.5, 0.6) is 5.75 Å². The third kappa shape index (κ3) is 5.29. The van der Waals surface area contributed by atoms with E-state index in [-0.39, 0.29) is 23.4 Å². The van der Waals surface area contributed by atoms with Gasteiger partial charge in [-0.3, -0.25) is 19.8 Å². The minimum absolute atomic E-state index is 0.00116. The third-order valence-electron chi connectivity index (χ3n) is 6.05. The van der Waals surface area contributed by atoms with E-state index in [0.29, 0.717) is 45.9 Å². The Balaban J connectivity index is 1.53. The standard InChI is InChI=1S/C26H24N4O5S2/c1-2-34-23-11-10-17(13-22(23)30(32)33)21-14-19(29(27-21)18-7-4-3-5-8-18)15-24-25(31)28(26(36)37-24)16-20-9-6-12-35-20/h3-5,7-8,10-11,13-15,20H,2,6,9,12,16H2,1H3/b24-15+/t20-/m0/s1. The van der Waals surface area contributed by atoms with Gasteiger partial charge in [-0.25, -0.2) is 4.68 Å². The molecule has 5 rings (SSSR count). The van der Waals surface area contributed by atoms with Crippen molar-refractivity contribution in [3.63, 3.8) is 0 Å². The number of hydrogen-bond acceptors (Lipinski definition) is 8. The van der Waals surface area contributed by atoms with Gasteiger partial charge in [0.05, 0.1) is 46.2 Å². The van der Waals surface area contributed by atoms with Crippen LogP contribution in [-0.2, 0) is 9.53 Å². The number of ether oxygens (including phenoxy) is 2. The van der Waals surface area contributed by atoms with Gasteiger partial charge in [-0.2, -0.15) is 5.10 Å². The van der Waals surface area contributed by atoms with E-state index in [2.05, 4.69) is 0 Å². The molecule has 0 bridgehead atoms. The first-order chi connectivity index (χ1) is 17.9. The summed E-state index contributed by atoms with van der Waals surface area (Å²) in [7, 11) is 0. The van der Waals surface area contributed by atoms with Crippen LogP contribution in [0.2, 0.25) is 0 Å². The van der Waals surface area contributed by atoms with E-state index in [4.69, 9.17) is 26.8 Å². The molecule has 3 heterocycles. The molecule has 0 spiro atoms. The Hall–Kier alpha value is -3.54. The molecule has 11 heteroatoms. The molecule has 1 aromatic heterocycles. The molecule has 0 unspecified atom stereocenters. The van der Waals surface area contributed by atoms with Gasteiger partial charge in [-0.1, -0.05) is 42.2 Å². The summed E-state index contributed by atoms with van der Waals surface area (Å²) in [5, 5.41) is 16.4. The Morgan fingerprint density at radius 2 is 2.08 bits per heavy atom. The molecule has 3 aromatic rings. The number of thioether (sulfide) groups is 1. The molecule has 0 N–H and O–H groups in total. The number of aromatic nitrogens is 2. The first kappa shape index (κ1) is 25.1. The second-order valence-corrected chi connectivity index (χ2v) is 10.2. The van der Waals surface area contributed by atoms with Crippen LogP contribution in [0.1, 0.15) is 25.5 Å². The first-order valence-electron chi connectivity index (χ1n) is 11.9. The number of benzene rings is 2. The number of nitro benzene ring substituents is 1. The lowest BCUT2D eigenvalue weighted by molar-refractivity contribution is -0.385. The Morgan fingerprint density at radius 3 is 2.78 bits per heavy atom. The van der Waals surface area contributed by atoms with Crippen molar-refractivity contribution < 1.29 is 19.2 Å². The minimum atomic E-state index is -0.469. The zero-order valence-corrected chi connectivity index (χ0v) is 21.7. The van der Waals surface area contributed by atoms with Crippen LogP contribution in [0.4, 0.5) is 5.69 Å². The van der Waals surface area contributed by atoms with Crippen molar-refractivity contribution in [3.05, 3.63) is 75.3 Å². The van der Waals surface area contributed by atoms with Crippen LogP contribution < -0.4 is 4.74 Å². The predicted molar refractivity (Wildman–Crippen MR) is 146 cm³/mol. The number of hydrogen-bond donors (Lipinski definition) is 0. The van der Waals surface area contributed by atoms with Crippen molar-refractivity contribution >= 4 is 46.0 Å². The van der Waals surface area contributed by atoms with Crippen LogP contribution in [-0.4, -0.2) is 55.7 Å². The fraction of sp³-hybridized carbons (Fsp3) is 0.269. The van der Waals surface area contributed by atoms with Gasteiger partial charge in [0, 0.05) is 18.2 Å². The molecule has 2 fully saturated rings. The Morgan fingerprint density at radius 1 is 1.27 bits per heavy atom. The third-order valence-corrected chi connectivity index (χ3v) is 7.43. The quantitative estimate of drug-likeness (QED) is 0.167. The van der Waals surface area contributed by atoms with E-state index in [1.165, 1.54) is 17.8 Å². The molecular weight excluding hydrogens is 512 g/mol. The maximum Gasteiger partial charge on any atom is 0.311 e. The SMILES string of the molecule is CCOc1ccc(-c2cc(/C=C3/SC(=S)N(C[C@@H]4CCCO4)C3=O)n(-c3ccccc3)n2)cc1[N+](=O)[O-]. The van der Waals surface area contributed by atoms with Gasteiger partial charge in [0.15, 0.2) is 5.75 Å². The van der Waals surface area contributed by atoms with E-state index < -0.39 is 4.92 Å². The summed E-state index contributed by atoms with van der Waals surface area (Å²) in [4.78, 5) is 26.5. The molecule has 9 nitrogen and oxygen atoms in total. The fourth-order valence-electron chi connectivity index (χ4n) is 4.30. The minimum Gasteiger partial charge on any atom is -0.487 e. The van der Waals surface area contributed by atoms with Gasteiger partial charge in [0.25, 0.3) is 5.91 Å². The summed E-state index contributed by atoms with van der Waals surface area (Å²) in [6, 6.07) is 16.1. The van der Waals surface area contributed by atoms with Gasteiger partial charge in [-0.05, 0) is 56.2 Å². The van der Waals surface area contributed by atoms with Gasteiger partial charge in [-0.15, -0.1) is 0 Å². The summed E-state index contributed by atoms with van der Waals surface area (Å²) < 4.78 is 13.3. The second kappa shape index (κ2) is 10.8. The monoisotopic (exact) mass is 536 g/mol. The van der Waals surface area contributed by atoms with Crippen LogP contribution >= 0.6 is 24.0 Å². The van der Waals surface area contributed by atoms with Gasteiger partial charge < -0.3 is 9.47 Å². The van der Waals surface area contributed by atoms with Crippen molar-refractivity contribution in [3.8, 4) is 22.7 Å².